The minimum Gasteiger partial charge on any atom is -0.477 e. The lowest BCUT2D eigenvalue weighted by atomic mass is 9.85. The molecule has 0 saturated carbocycles. The number of alkyl halides is 2. The van der Waals surface area contributed by atoms with Gasteiger partial charge in [-0.15, -0.1) is 0 Å². The Morgan fingerprint density at radius 1 is 1.29 bits per heavy atom. The van der Waals surface area contributed by atoms with E-state index >= 15 is 0 Å². The fraction of sp³-hybridized carbons (Fsp3) is 0.462. The second-order valence-corrected chi connectivity index (χ2v) is 5.14. The lowest BCUT2D eigenvalue weighted by molar-refractivity contribution is -0.164. The van der Waals surface area contributed by atoms with Crippen molar-refractivity contribution in [3.8, 4) is 0 Å². The van der Waals surface area contributed by atoms with Crippen molar-refractivity contribution in [1.29, 1.82) is 0 Å². The van der Waals surface area contributed by atoms with Gasteiger partial charge in [0.25, 0.3) is 0 Å². The molecule has 0 aromatic heterocycles. The molecule has 0 aliphatic carbocycles. The van der Waals surface area contributed by atoms with Crippen LogP contribution in [0.25, 0.3) is 0 Å². The number of aliphatic carboxylic acids is 1. The molecule has 1 aromatic rings. The third-order valence-electron chi connectivity index (χ3n) is 2.53. The molecule has 0 amide bonds. The summed E-state index contributed by atoms with van der Waals surface area (Å²) in [5.74, 6) is -5.80. The molecule has 0 aliphatic rings. The van der Waals surface area contributed by atoms with Crippen LogP contribution in [-0.2, 0) is 16.6 Å². The Labute approximate surface area is 99.3 Å². The molecule has 0 atom stereocenters. The van der Waals surface area contributed by atoms with Gasteiger partial charge in [0.1, 0.15) is 0 Å². The van der Waals surface area contributed by atoms with Crippen molar-refractivity contribution < 1.29 is 18.7 Å². The van der Waals surface area contributed by atoms with Gasteiger partial charge >= 0.3 is 11.9 Å². The highest BCUT2D eigenvalue weighted by Gasteiger charge is 2.38. The number of hydrogen-bond donors (Lipinski definition) is 1. The monoisotopic (exact) mass is 242 g/mol. The lowest BCUT2D eigenvalue weighted by Crippen LogP contribution is -2.30. The maximum atomic E-state index is 13.1. The number of carboxylic acids is 1. The van der Waals surface area contributed by atoms with E-state index in [0.717, 1.165) is 5.56 Å². The summed E-state index contributed by atoms with van der Waals surface area (Å²) < 4.78 is 26.1. The summed E-state index contributed by atoms with van der Waals surface area (Å²) >= 11 is 0. The van der Waals surface area contributed by atoms with Gasteiger partial charge in [-0.2, -0.15) is 8.78 Å². The van der Waals surface area contributed by atoms with Gasteiger partial charge in [0, 0.05) is 6.42 Å². The predicted molar refractivity (Wildman–Crippen MR) is 61.4 cm³/mol. The fourth-order valence-corrected chi connectivity index (χ4v) is 1.48. The number of carboxylic acid groups (broad SMARTS) is 1. The van der Waals surface area contributed by atoms with Crippen LogP contribution in [0.4, 0.5) is 8.78 Å². The number of rotatable bonds is 3. The molecule has 2 nitrogen and oxygen atoms in total. The zero-order valence-electron chi connectivity index (χ0n) is 10.1. The summed E-state index contributed by atoms with van der Waals surface area (Å²) in [4.78, 5) is 10.4. The van der Waals surface area contributed by atoms with Gasteiger partial charge in [-0.25, -0.2) is 4.79 Å². The molecule has 1 N–H and O–H groups in total. The number of halogens is 2. The molecule has 0 bridgehead atoms. The van der Waals surface area contributed by atoms with Gasteiger partial charge in [0.15, 0.2) is 0 Å². The highest BCUT2D eigenvalue weighted by Crippen LogP contribution is 2.26. The third-order valence-corrected chi connectivity index (χ3v) is 2.53. The summed E-state index contributed by atoms with van der Waals surface area (Å²) in [6.45, 7) is 5.92. The van der Waals surface area contributed by atoms with Crippen LogP contribution in [0.5, 0.6) is 0 Å². The Morgan fingerprint density at radius 3 is 2.35 bits per heavy atom. The second kappa shape index (κ2) is 4.43. The molecule has 17 heavy (non-hydrogen) atoms. The van der Waals surface area contributed by atoms with E-state index in [1.165, 1.54) is 6.07 Å². The molecule has 0 unspecified atom stereocenters. The van der Waals surface area contributed by atoms with E-state index in [1.54, 1.807) is 12.1 Å². The van der Waals surface area contributed by atoms with Crippen molar-refractivity contribution >= 4 is 5.97 Å². The summed E-state index contributed by atoms with van der Waals surface area (Å²) in [5, 5.41) is 8.38. The Morgan fingerprint density at radius 2 is 1.88 bits per heavy atom. The second-order valence-electron chi connectivity index (χ2n) is 5.14. The van der Waals surface area contributed by atoms with Gasteiger partial charge in [-0.1, -0.05) is 45.0 Å². The molecular weight excluding hydrogens is 226 g/mol. The molecule has 0 heterocycles. The molecule has 4 heteroatoms. The first-order valence-corrected chi connectivity index (χ1v) is 5.33. The predicted octanol–water partition coefficient (Wildman–Crippen LogP) is 3.25. The van der Waals surface area contributed by atoms with Crippen molar-refractivity contribution in [3.05, 3.63) is 35.4 Å². The van der Waals surface area contributed by atoms with Crippen molar-refractivity contribution in [3.63, 3.8) is 0 Å². The Bertz CT molecular complexity index is 420. The van der Waals surface area contributed by atoms with Crippen molar-refractivity contribution in [2.75, 3.05) is 0 Å². The first-order valence-electron chi connectivity index (χ1n) is 5.33. The minimum atomic E-state index is -3.71. The molecular formula is C13H16F2O2. The summed E-state index contributed by atoms with van der Waals surface area (Å²) in [6, 6.07) is 6.68. The maximum absolute atomic E-state index is 13.1. The molecule has 0 fully saturated rings. The average molecular weight is 242 g/mol. The van der Waals surface area contributed by atoms with E-state index in [2.05, 4.69) is 0 Å². The van der Waals surface area contributed by atoms with Crippen molar-refractivity contribution in [2.24, 2.45) is 0 Å². The van der Waals surface area contributed by atoms with Crippen LogP contribution in [0.1, 0.15) is 31.9 Å². The molecule has 1 aromatic carbocycles. The molecule has 1 rings (SSSR count). The van der Waals surface area contributed by atoms with Crippen LogP contribution in [0.3, 0.4) is 0 Å². The van der Waals surface area contributed by atoms with E-state index in [-0.39, 0.29) is 5.41 Å². The number of benzene rings is 1. The number of carbonyl (C=O) groups is 1. The SMILES string of the molecule is CC(C)(C)c1cccc(CC(F)(F)C(=O)O)c1. The Kier molecular flexibility index (Phi) is 3.55. The summed E-state index contributed by atoms with van der Waals surface area (Å²) in [7, 11) is 0. The molecule has 0 spiro atoms. The standard InChI is InChI=1S/C13H16F2O2/c1-12(2,3)10-6-4-5-9(7-10)8-13(14,15)11(16)17/h4-7H,8H2,1-3H3,(H,16,17). The van der Waals surface area contributed by atoms with Crippen LogP contribution in [0.15, 0.2) is 24.3 Å². The van der Waals surface area contributed by atoms with E-state index in [9.17, 15) is 13.6 Å². The van der Waals surface area contributed by atoms with Gasteiger partial charge < -0.3 is 5.11 Å². The van der Waals surface area contributed by atoms with E-state index < -0.39 is 18.3 Å². The lowest BCUT2D eigenvalue weighted by Gasteiger charge is -2.20. The quantitative estimate of drug-likeness (QED) is 0.883. The highest BCUT2D eigenvalue weighted by atomic mass is 19.3. The summed E-state index contributed by atoms with van der Waals surface area (Å²) in [5.41, 5.74) is 1.11. The molecule has 0 radical (unpaired) electrons. The van der Waals surface area contributed by atoms with Crippen LogP contribution >= 0.6 is 0 Å². The molecule has 94 valence electrons. The van der Waals surface area contributed by atoms with E-state index in [4.69, 9.17) is 5.11 Å². The normalized spacial score (nSPS) is 12.5. The smallest absolute Gasteiger partial charge is 0.374 e. The molecule has 0 aliphatic heterocycles. The van der Waals surface area contributed by atoms with Crippen LogP contribution in [0, 0.1) is 0 Å². The van der Waals surface area contributed by atoms with Gasteiger partial charge in [0.2, 0.25) is 0 Å². The zero-order valence-corrected chi connectivity index (χ0v) is 10.1. The third kappa shape index (κ3) is 3.51. The zero-order chi connectivity index (χ0) is 13.3. The van der Waals surface area contributed by atoms with Gasteiger partial charge in [0.05, 0.1) is 0 Å². The number of hydrogen-bond acceptors (Lipinski definition) is 1. The highest BCUT2D eigenvalue weighted by molar-refractivity contribution is 5.75. The van der Waals surface area contributed by atoms with Gasteiger partial charge in [-0.05, 0) is 16.5 Å². The van der Waals surface area contributed by atoms with E-state index in [1.807, 2.05) is 26.8 Å². The van der Waals surface area contributed by atoms with Gasteiger partial charge in [-0.3, -0.25) is 0 Å². The molecule has 0 saturated heterocycles. The van der Waals surface area contributed by atoms with Crippen LogP contribution in [-0.4, -0.2) is 17.0 Å². The average Bonchev–Trinajstić information content (AvgIpc) is 2.15. The Balaban J connectivity index is 2.98. The first kappa shape index (κ1) is 13.6. The largest absolute Gasteiger partial charge is 0.477 e. The van der Waals surface area contributed by atoms with Crippen LogP contribution < -0.4 is 0 Å². The minimum absolute atomic E-state index is 0.144. The topological polar surface area (TPSA) is 37.3 Å². The van der Waals surface area contributed by atoms with E-state index in [0.29, 0.717) is 5.56 Å². The van der Waals surface area contributed by atoms with Crippen molar-refractivity contribution in [1.82, 2.24) is 0 Å². The Hall–Kier alpha value is -1.45. The summed E-state index contributed by atoms with van der Waals surface area (Å²) in [6.07, 6.45) is -0.772. The van der Waals surface area contributed by atoms with Crippen LogP contribution in [0.2, 0.25) is 0 Å². The maximum Gasteiger partial charge on any atom is 0.374 e. The first-order chi connectivity index (χ1) is 7.63. The van der Waals surface area contributed by atoms with Crippen molar-refractivity contribution in [2.45, 2.75) is 38.5 Å². The fourth-order valence-electron chi connectivity index (χ4n) is 1.48.